The van der Waals surface area contributed by atoms with Crippen molar-refractivity contribution in [1.82, 2.24) is 0 Å². The predicted octanol–water partition coefficient (Wildman–Crippen LogP) is 4.66. The smallest absolute Gasteiger partial charge is 0.328 e. The topological polar surface area (TPSA) is 66.4 Å². The van der Waals surface area contributed by atoms with Gasteiger partial charge in [-0.2, -0.15) is 0 Å². The number of rotatable bonds is 6. The minimum absolute atomic E-state index is 0.0693. The molecule has 2 rings (SSSR count). The Morgan fingerprint density at radius 1 is 0.900 bits per heavy atom. The van der Waals surface area contributed by atoms with Gasteiger partial charge in [0.25, 0.3) is 5.91 Å². The zero-order valence-electron chi connectivity index (χ0n) is 18.7. The molecule has 0 saturated carbocycles. The molecule has 1 amide bonds. The van der Waals surface area contributed by atoms with Gasteiger partial charge in [-0.3, -0.25) is 4.79 Å². The Hall–Kier alpha value is -2.52. The molecule has 0 saturated heterocycles. The van der Waals surface area contributed by atoms with E-state index in [1.807, 2.05) is 12.1 Å². The Morgan fingerprint density at radius 2 is 1.43 bits per heavy atom. The summed E-state index contributed by atoms with van der Waals surface area (Å²) < 4.78 is 14.6. The number of halogens is 1. The number of nitrogens with one attached hydrogen (secondary N) is 1. The van der Waals surface area contributed by atoms with Crippen molar-refractivity contribution in [2.75, 3.05) is 5.32 Å². The van der Waals surface area contributed by atoms with Gasteiger partial charge in [-0.15, -0.1) is 0 Å². The van der Waals surface area contributed by atoms with Gasteiger partial charge in [-0.1, -0.05) is 73.9 Å². The van der Waals surface area contributed by atoms with Crippen LogP contribution < -0.4 is 15.7 Å². The summed E-state index contributed by atoms with van der Waals surface area (Å²) in [6.07, 6.45) is 1.02. The van der Waals surface area contributed by atoms with Gasteiger partial charge in [0.15, 0.2) is 0 Å². The van der Waals surface area contributed by atoms with Crippen LogP contribution in [0.15, 0.2) is 42.5 Å². The van der Waals surface area contributed by atoms with Crippen molar-refractivity contribution in [1.29, 1.82) is 0 Å². The second-order valence-corrected chi connectivity index (χ2v) is 19.8. The minimum atomic E-state index is -1.64. The molecule has 0 atom stereocenters. The number of carboxylic acid groups (broad SMARTS) is 1. The molecule has 30 heavy (non-hydrogen) atoms. The van der Waals surface area contributed by atoms with Crippen molar-refractivity contribution in [3.8, 4) is 0 Å². The van der Waals surface area contributed by atoms with Crippen molar-refractivity contribution in [2.24, 2.45) is 0 Å². The first kappa shape index (κ1) is 23.8. The number of allylic oxidation sites excluding steroid dienone is 1. The van der Waals surface area contributed by atoms with E-state index in [4.69, 9.17) is 5.11 Å². The van der Waals surface area contributed by atoms with Crippen molar-refractivity contribution in [3.05, 3.63) is 59.4 Å². The van der Waals surface area contributed by atoms with Gasteiger partial charge in [0, 0.05) is 11.6 Å². The first-order chi connectivity index (χ1) is 13.7. The van der Waals surface area contributed by atoms with E-state index >= 15 is 0 Å². The highest BCUT2D eigenvalue weighted by Crippen LogP contribution is 2.22. The fourth-order valence-corrected chi connectivity index (χ4v) is 5.45. The lowest BCUT2D eigenvalue weighted by atomic mass is 10.1. The highest BCUT2D eigenvalue weighted by Gasteiger charge is 2.24. The number of anilines is 1. The number of carbonyl (C=O) groups excluding carboxylic acids is 1. The molecule has 4 nitrogen and oxygen atoms in total. The zero-order valence-corrected chi connectivity index (χ0v) is 20.7. The molecule has 0 radical (unpaired) electrons. The summed E-state index contributed by atoms with van der Waals surface area (Å²) >= 11 is 0. The van der Waals surface area contributed by atoms with Crippen LogP contribution >= 0.6 is 0 Å². The van der Waals surface area contributed by atoms with E-state index in [0.29, 0.717) is 16.7 Å². The maximum absolute atomic E-state index is 14.6. The standard InChI is InChI=1S/C23H30FNO3Si2/c1-15(10-22(26)27)16-8-9-21(20(24)13-16)25-23(28)17-11-18(29(2,3)4)14-19(12-17)30(5,6)7/h8-14H,1-7H3,(H,25,28)(H,26,27). The van der Waals surface area contributed by atoms with Crippen LogP contribution in [0.3, 0.4) is 0 Å². The molecule has 0 aliphatic heterocycles. The number of carbonyl (C=O) groups is 2. The van der Waals surface area contributed by atoms with E-state index in [0.717, 1.165) is 6.08 Å². The molecule has 0 aliphatic carbocycles. The molecular weight excluding hydrogens is 413 g/mol. The summed E-state index contributed by atoms with van der Waals surface area (Å²) in [6, 6.07) is 10.4. The molecule has 0 fully saturated rings. The third kappa shape index (κ3) is 5.99. The van der Waals surface area contributed by atoms with Crippen molar-refractivity contribution < 1.29 is 19.1 Å². The molecule has 0 unspecified atom stereocenters. The van der Waals surface area contributed by atoms with Crippen LogP contribution in [0.25, 0.3) is 5.57 Å². The highest BCUT2D eigenvalue weighted by molar-refractivity contribution is 6.91. The van der Waals surface area contributed by atoms with Gasteiger partial charge in [-0.25, -0.2) is 9.18 Å². The van der Waals surface area contributed by atoms with Gasteiger partial charge in [0.1, 0.15) is 5.82 Å². The average Bonchev–Trinajstić information content (AvgIpc) is 2.60. The van der Waals surface area contributed by atoms with Crippen LogP contribution in [0, 0.1) is 5.82 Å². The Bertz CT molecular complexity index is 986. The fourth-order valence-electron chi connectivity index (χ4n) is 2.95. The van der Waals surface area contributed by atoms with E-state index in [-0.39, 0.29) is 11.6 Å². The Labute approximate surface area is 179 Å². The Kier molecular flexibility index (Phi) is 6.88. The van der Waals surface area contributed by atoms with Crippen LogP contribution in [-0.2, 0) is 4.79 Å². The summed E-state index contributed by atoms with van der Waals surface area (Å²) in [5.74, 6) is -2.05. The molecule has 2 N–H and O–H groups in total. The van der Waals surface area contributed by atoms with E-state index in [2.05, 4.69) is 50.7 Å². The number of carboxylic acids is 1. The van der Waals surface area contributed by atoms with Crippen LogP contribution in [0.4, 0.5) is 10.1 Å². The number of benzene rings is 2. The minimum Gasteiger partial charge on any atom is -0.478 e. The van der Waals surface area contributed by atoms with Crippen LogP contribution in [-0.4, -0.2) is 33.1 Å². The molecule has 0 spiro atoms. The molecule has 0 heterocycles. The quantitative estimate of drug-likeness (QED) is 0.504. The van der Waals surface area contributed by atoms with Gasteiger partial charge in [0.2, 0.25) is 0 Å². The number of aliphatic carboxylic acids is 1. The summed E-state index contributed by atoms with van der Waals surface area (Å²) in [6.45, 7) is 15.0. The SMILES string of the molecule is CC(=CC(=O)O)c1ccc(NC(=O)c2cc([Si](C)(C)C)cc([Si](C)(C)C)c2)c(F)c1. The predicted molar refractivity (Wildman–Crippen MR) is 128 cm³/mol. The van der Waals surface area contributed by atoms with E-state index < -0.39 is 27.9 Å². The maximum Gasteiger partial charge on any atom is 0.328 e. The lowest BCUT2D eigenvalue weighted by Crippen LogP contribution is -2.46. The number of hydrogen-bond donors (Lipinski definition) is 2. The maximum atomic E-state index is 14.6. The molecular formula is C23H30FNO3Si2. The van der Waals surface area contributed by atoms with Crippen LogP contribution in [0.1, 0.15) is 22.8 Å². The summed E-state index contributed by atoms with van der Waals surface area (Å²) in [7, 11) is -3.29. The molecule has 7 heteroatoms. The van der Waals surface area contributed by atoms with Crippen LogP contribution in [0.5, 0.6) is 0 Å². The van der Waals surface area contributed by atoms with Crippen molar-refractivity contribution in [3.63, 3.8) is 0 Å². The molecule has 0 aliphatic rings. The fraction of sp³-hybridized carbons (Fsp3) is 0.304. The summed E-state index contributed by atoms with van der Waals surface area (Å²) in [5.41, 5.74) is 1.49. The van der Waals surface area contributed by atoms with E-state index in [1.165, 1.54) is 22.5 Å². The van der Waals surface area contributed by atoms with Crippen molar-refractivity contribution in [2.45, 2.75) is 46.2 Å². The summed E-state index contributed by atoms with van der Waals surface area (Å²) in [5, 5.41) is 13.9. The number of amides is 1. The monoisotopic (exact) mass is 443 g/mol. The molecule has 2 aromatic rings. The normalized spacial score (nSPS) is 12.6. The first-order valence-electron chi connectivity index (χ1n) is 9.87. The lowest BCUT2D eigenvalue weighted by Gasteiger charge is -2.24. The van der Waals surface area contributed by atoms with Gasteiger partial charge >= 0.3 is 5.97 Å². The third-order valence-electron chi connectivity index (χ3n) is 4.94. The average molecular weight is 444 g/mol. The summed E-state index contributed by atoms with van der Waals surface area (Å²) in [4.78, 5) is 23.8. The molecule has 160 valence electrons. The highest BCUT2D eigenvalue weighted by atomic mass is 28.3. The zero-order chi connectivity index (χ0) is 22.9. The van der Waals surface area contributed by atoms with Gasteiger partial charge in [-0.05, 0) is 30.2 Å². The third-order valence-corrected chi connectivity index (χ3v) is 8.98. The second-order valence-electron chi connectivity index (χ2n) is 9.61. The van der Waals surface area contributed by atoms with Gasteiger partial charge < -0.3 is 10.4 Å². The Balaban J connectivity index is 2.39. The van der Waals surface area contributed by atoms with Crippen molar-refractivity contribution >= 4 is 49.7 Å². The van der Waals surface area contributed by atoms with E-state index in [1.54, 1.807) is 13.0 Å². The molecule has 0 bridgehead atoms. The van der Waals surface area contributed by atoms with E-state index in [9.17, 15) is 14.0 Å². The van der Waals surface area contributed by atoms with Crippen LogP contribution in [0.2, 0.25) is 39.3 Å². The second kappa shape index (κ2) is 8.69. The largest absolute Gasteiger partial charge is 0.478 e. The first-order valence-corrected chi connectivity index (χ1v) is 16.9. The molecule has 0 aromatic heterocycles. The lowest BCUT2D eigenvalue weighted by molar-refractivity contribution is -0.131. The van der Waals surface area contributed by atoms with Gasteiger partial charge in [0.05, 0.1) is 21.8 Å². The molecule has 2 aromatic carbocycles. The Morgan fingerprint density at radius 3 is 1.87 bits per heavy atom. The number of hydrogen-bond acceptors (Lipinski definition) is 2.